The molecule has 1 N–H and O–H groups in total. The molecule has 3 heteroatoms. The zero-order valence-corrected chi connectivity index (χ0v) is 5.87. The molecule has 0 unspecified atom stereocenters. The van der Waals surface area contributed by atoms with Crippen LogP contribution >= 0.6 is 11.6 Å². The van der Waals surface area contributed by atoms with E-state index in [1.54, 1.807) is 0 Å². The molecule has 0 aromatic carbocycles. The lowest BCUT2D eigenvalue weighted by Gasteiger charge is -1.98. The highest BCUT2D eigenvalue weighted by Crippen LogP contribution is 1.70. The van der Waals surface area contributed by atoms with Crippen molar-refractivity contribution in [3.63, 3.8) is 0 Å². The van der Waals surface area contributed by atoms with Crippen molar-refractivity contribution >= 4 is 11.6 Å². The van der Waals surface area contributed by atoms with Crippen molar-refractivity contribution in [3.05, 3.63) is 0 Å². The van der Waals surface area contributed by atoms with Crippen LogP contribution in [0.1, 0.15) is 6.92 Å². The molecule has 0 amide bonds. The van der Waals surface area contributed by atoms with E-state index in [0.29, 0.717) is 6.00 Å². The summed E-state index contributed by atoms with van der Waals surface area (Å²) >= 11 is 5.31. The van der Waals surface area contributed by atoms with Crippen LogP contribution in [-0.4, -0.2) is 25.8 Å². The maximum Gasteiger partial charge on any atom is 0.0714 e. The third-order valence-electron chi connectivity index (χ3n) is 0.722. The predicted molar refractivity (Wildman–Crippen MR) is 35.2 cm³/mol. The Balaban J connectivity index is 2.53. The van der Waals surface area contributed by atoms with E-state index in [-0.39, 0.29) is 0 Å². The van der Waals surface area contributed by atoms with Gasteiger partial charge in [-0.25, -0.2) is 0 Å². The first-order valence-corrected chi connectivity index (χ1v) is 3.29. The summed E-state index contributed by atoms with van der Waals surface area (Å²) in [5, 5.41) is 2.92. The van der Waals surface area contributed by atoms with Gasteiger partial charge in [0, 0.05) is 13.2 Å². The minimum Gasteiger partial charge on any atom is -0.380 e. The van der Waals surface area contributed by atoms with Crippen LogP contribution in [0.25, 0.3) is 0 Å². The molecular formula is C5H12ClNO. The fourth-order valence-corrected chi connectivity index (χ4v) is 0.489. The molecule has 0 fully saturated rings. The molecule has 0 heterocycles. The molecule has 0 aliphatic heterocycles. The second-order valence-corrected chi connectivity index (χ2v) is 1.60. The van der Waals surface area contributed by atoms with E-state index in [1.807, 2.05) is 6.92 Å². The van der Waals surface area contributed by atoms with E-state index in [1.165, 1.54) is 0 Å². The van der Waals surface area contributed by atoms with Gasteiger partial charge in [-0.05, 0) is 6.92 Å². The second-order valence-electron chi connectivity index (χ2n) is 1.33. The molecule has 0 saturated carbocycles. The van der Waals surface area contributed by atoms with Crippen LogP contribution < -0.4 is 5.32 Å². The minimum absolute atomic E-state index is 0.507. The molecule has 0 aliphatic rings. The number of rotatable bonds is 5. The Hall–Kier alpha value is 0.210. The van der Waals surface area contributed by atoms with Crippen LogP contribution in [0.2, 0.25) is 0 Å². The molecule has 0 spiro atoms. The Morgan fingerprint density at radius 1 is 1.62 bits per heavy atom. The largest absolute Gasteiger partial charge is 0.380 e. The Morgan fingerprint density at radius 2 is 2.38 bits per heavy atom. The fourth-order valence-electron chi connectivity index (χ4n) is 0.355. The van der Waals surface area contributed by atoms with Crippen LogP contribution in [-0.2, 0) is 4.74 Å². The minimum atomic E-state index is 0.507. The van der Waals surface area contributed by atoms with Gasteiger partial charge >= 0.3 is 0 Å². The van der Waals surface area contributed by atoms with Gasteiger partial charge in [0.2, 0.25) is 0 Å². The molecule has 0 aromatic heterocycles. The van der Waals surface area contributed by atoms with Gasteiger partial charge in [-0.1, -0.05) is 0 Å². The quantitative estimate of drug-likeness (QED) is 0.344. The van der Waals surface area contributed by atoms with E-state index >= 15 is 0 Å². The third kappa shape index (κ3) is 6.21. The maximum atomic E-state index is 5.31. The highest BCUT2D eigenvalue weighted by molar-refractivity contribution is 6.17. The number of nitrogens with one attached hydrogen (secondary N) is 1. The summed E-state index contributed by atoms with van der Waals surface area (Å²) in [4.78, 5) is 0. The highest BCUT2D eigenvalue weighted by Gasteiger charge is 1.80. The van der Waals surface area contributed by atoms with Crippen molar-refractivity contribution in [2.45, 2.75) is 6.92 Å². The summed E-state index contributed by atoms with van der Waals surface area (Å²) < 4.78 is 5.01. The number of halogens is 1. The van der Waals surface area contributed by atoms with Crippen molar-refractivity contribution < 1.29 is 4.74 Å². The first-order valence-electron chi connectivity index (χ1n) is 2.76. The summed E-state index contributed by atoms with van der Waals surface area (Å²) in [6.45, 7) is 4.35. The summed E-state index contributed by atoms with van der Waals surface area (Å²) in [6, 6.07) is 0.507. The van der Waals surface area contributed by atoms with Crippen LogP contribution in [0.4, 0.5) is 0 Å². The first kappa shape index (κ1) is 8.21. The smallest absolute Gasteiger partial charge is 0.0714 e. The van der Waals surface area contributed by atoms with Gasteiger partial charge in [-0.2, -0.15) is 0 Å². The molecule has 0 atom stereocenters. The van der Waals surface area contributed by atoms with E-state index in [2.05, 4.69) is 5.32 Å². The Bertz CT molecular complexity index is 37.4. The van der Waals surface area contributed by atoms with Gasteiger partial charge in [0.1, 0.15) is 0 Å². The number of alkyl halides is 1. The summed E-state index contributed by atoms with van der Waals surface area (Å²) in [6.07, 6.45) is 0. The fraction of sp³-hybridized carbons (Fsp3) is 1.00. The Kier molecular flexibility index (Phi) is 7.40. The van der Waals surface area contributed by atoms with Crippen molar-refractivity contribution in [2.24, 2.45) is 0 Å². The number of ether oxygens (including phenoxy) is 1. The number of hydrogen-bond donors (Lipinski definition) is 1. The highest BCUT2D eigenvalue weighted by atomic mass is 35.5. The molecule has 0 bridgehead atoms. The van der Waals surface area contributed by atoms with Gasteiger partial charge in [-0.15, -0.1) is 11.6 Å². The van der Waals surface area contributed by atoms with Gasteiger partial charge < -0.3 is 10.1 Å². The molecule has 0 rings (SSSR count). The van der Waals surface area contributed by atoms with Gasteiger partial charge in [0.15, 0.2) is 0 Å². The molecule has 8 heavy (non-hydrogen) atoms. The van der Waals surface area contributed by atoms with Gasteiger partial charge in [0.25, 0.3) is 0 Å². The van der Waals surface area contributed by atoms with E-state index in [4.69, 9.17) is 16.3 Å². The van der Waals surface area contributed by atoms with Gasteiger partial charge in [-0.3, -0.25) is 0 Å². The van der Waals surface area contributed by atoms with Crippen molar-refractivity contribution in [1.82, 2.24) is 5.32 Å². The first-order chi connectivity index (χ1) is 3.91. The zero-order chi connectivity index (χ0) is 6.24. The van der Waals surface area contributed by atoms with Crippen LogP contribution in [0.3, 0.4) is 0 Å². The monoisotopic (exact) mass is 137 g/mol. The average Bonchev–Trinajstić information content (AvgIpc) is 1.81. The van der Waals surface area contributed by atoms with Gasteiger partial charge in [0.05, 0.1) is 12.6 Å². The lowest BCUT2D eigenvalue weighted by molar-refractivity contribution is 0.150. The summed E-state index contributed by atoms with van der Waals surface area (Å²) in [7, 11) is 0. The molecular weight excluding hydrogens is 126 g/mol. The molecule has 0 aromatic rings. The Labute approximate surface area is 55.2 Å². The average molecular weight is 138 g/mol. The third-order valence-corrected chi connectivity index (χ3v) is 0.911. The molecule has 0 saturated heterocycles. The second kappa shape index (κ2) is 7.21. The van der Waals surface area contributed by atoms with E-state index < -0.39 is 0 Å². The standard InChI is InChI=1S/C5H12ClNO/c1-2-8-4-3-7-5-6/h7H,2-5H2,1H3. The molecule has 0 radical (unpaired) electrons. The van der Waals surface area contributed by atoms with E-state index in [0.717, 1.165) is 19.8 Å². The predicted octanol–water partition coefficient (Wildman–Crippen LogP) is 0.809. The van der Waals surface area contributed by atoms with Crippen LogP contribution in [0, 0.1) is 0 Å². The van der Waals surface area contributed by atoms with Crippen molar-refractivity contribution in [1.29, 1.82) is 0 Å². The zero-order valence-electron chi connectivity index (χ0n) is 5.11. The maximum absolute atomic E-state index is 5.31. The van der Waals surface area contributed by atoms with Crippen LogP contribution in [0.5, 0.6) is 0 Å². The molecule has 50 valence electrons. The lowest BCUT2D eigenvalue weighted by atomic mass is 10.7. The van der Waals surface area contributed by atoms with E-state index in [9.17, 15) is 0 Å². The van der Waals surface area contributed by atoms with Crippen LogP contribution in [0.15, 0.2) is 0 Å². The SMILES string of the molecule is CCOCCNCCl. The summed E-state index contributed by atoms with van der Waals surface area (Å²) in [5.41, 5.74) is 0. The molecule has 2 nitrogen and oxygen atoms in total. The topological polar surface area (TPSA) is 21.3 Å². The van der Waals surface area contributed by atoms with Crippen molar-refractivity contribution in [3.8, 4) is 0 Å². The lowest BCUT2D eigenvalue weighted by Crippen LogP contribution is -2.17. The number of hydrogen-bond acceptors (Lipinski definition) is 2. The Morgan fingerprint density at radius 3 is 2.88 bits per heavy atom. The summed E-state index contributed by atoms with van der Waals surface area (Å²) in [5.74, 6) is 0. The van der Waals surface area contributed by atoms with Crippen molar-refractivity contribution in [2.75, 3.05) is 25.8 Å². The molecule has 0 aliphatic carbocycles. The normalized spacial score (nSPS) is 9.75.